The molecule has 0 N–H and O–H groups in total. The van der Waals surface area contributed by atoms with Crippen molar-refractivity contribution in [2.75, 3.05) is 6.61 Å². The molecule has 0 atom stereocenters. The largest absolute Gasteiger partial charge is 0.371 e. The summed E-state index contributed by atoms with van der Waals surface area (Å²) in [6, 6.07) is 10.4. The van der Waals surface area contributed by atoms with Gasteiger partial charge < -0.3 is 4.74 Å². The Morgan fingerprint density at radius 1 is 1.24 bits per heavy atom. The normalized spacial score (nSPS) is 19.3. The molecule has 1 aliphatic heterocycles. The van der Waals surface area contributed by atoms with Crippen molar-refractivity contribution in [3.05, 3.63) is 53.5 Å². The molecule has 1 heterocycles. The highest BCUT2D eigenvalue weighted by Gasteiger charge is 2.22. The Balaban J connectivity index is 1.91. The second-order valence-electron chi connectivity index (χ2n) is 4.76. The van der Waals surface area contributed by atoms with E-state index >= 15 is 0 Å². The molecule has 2 rings (SSSR count). The average molecular weight is 246 g/mol. The third kappa shape index (κ3) is 4.06. The van der Waals surface area contributed by atoms with Crippen molar-refractivity contribution in [2.24, 2.45) is 0 Å². The smallest absolute Gasteiger partial charge is 0.0670 e. The lowest BCUT2D eigenvalue weighted by atomic mass is 9.96. The van der Waals surface area contributed by atoms with E-state index in [9.17, 15) is 0 Å². The minimum absolute atomic E-state index is 0.0220. The second-order valence-corrected chi connectivity index (χ2v) is 5.74. The zero-order chi connectivity index (χ0) is 12.1. The molecule has 0 bridgehead atoms. The summed E-state index contributed by atoms with van der Waals surface area (Å²) in [6.07, 6.45) is 5.34. The lowest BCUT2D eigenvalue weighted by Gasteiger charge is -2.29. The van der Waals surface area contributed by atoms with E-state index in [2.05, 4.69) is 55.7 Å². The SMILES string of the molecule is CC1(C)CC(C=CSc2ccccc2)=CCO1. The Hall–Kier alpha value is -0.990. The van der Waals surface area contributed by atoms with E-state index in [1.807, 2.05) is 6.07 Å². The summed E-state index contributed by atoms with van der Waals surface area (Å²) in [6.45, 7) is 5.00. The molecule has 17 heavy (non-hydrogen) atoms. The van der Waals surface area contributed by atoms with E-state index in [-0.39, 0.29) is 5.60 Å². The van der Waals surface area contributed by atoms with E-state index in [4.69, 9.17) is 4.74 Å². The van der Waals surface area contributed by atoms with Crippen LogP contribution < -0.4 is 0 Å². The van der Waals surface area contributed by atoms with E-state index in [1.54, 1.807) is 11.8 Å². The molecule has 0 radical (unpaired) electrons. The molecule has 1 aromatic carbocycles. The predicted octanol–water partition coefficient (Wildman–Crippen LogP) is 4.42. The fourth-order valence-corrected chi connectivity index (χ4v) is 2.53. The number of allylic oxidation sites excluding steroid dienone is 1. The highest BCUT2D eigenvalue weighted by molar-refractivity contribution is 8.02. The molecule has 1 aromatic rings. The van der Waals surface area contributed by atoms with Crippen LogP contribution >= 0.6 is 11.8 Å². The van der Waals surface area contributed by atoms with Crippen LogP contribution in [-0.4, -0.2) is 12.2 Å². The summed E-state index contributed by atoms with van der Waals surface area (Å²) < 4.78 is 5.64. The van der Waals surface area contributed by atoms with Crippen molar-refractivity contribution in [1.82, 2.24) is 0 Å². The van der Waals surface area contributed by atoms with Crippen LogP contribution in [0.25, 0.3) is 0 Å². The van der Waals surface area contributed by atoms with Crippen molar-refractivity contribution in [2.45, 2.75) is 30.8 Å². The van der Waals surface area contributed by atoms with Gasteiger partial charge in [-0.25, -0.2) is 0 Å². The van der Waals surface area contributed by atoms with E-state index in [1.165, 1.54) is 10.5 Å². The molecule has 0 saturated carbocycles. The van der Waals surface area contributed by atoms with Gasteiger partial charge in [-0.2, -0.15) is 0 Å². The summed E-state index contributed by atoms with van der Waals surface area (Å²) in [4.78, 5) is 1.27. The zero-order valence-electron chi connectivity index (χ0n) is 10.3. The van der Waals surface area contributed by atoms with E-state index in [0.29, 0.717) is 0 Å². The molecular weight excluding hydrogens is 228 g/mol. The van der Waals surface area contributed by atoms with Crippen LogP contribution in [0.5, 0.6) is 0 Å². The van der Waals surface area contributed by atoms with Crippen molar-refractivity contribution in [3.8, 4) is 0 Å². The topological polar surface area (TPSA) is 9.23 Å². The fourth-order valence-electron chi connectivity index (χ4n) is 1.82. The number of hydrogen-bond acceptors (Lipinski definition) is 2. The minimum Gasteiger partial charge on any atom is -0.371 e. The Kier molecular flexibility index (Phi) is 4.08. The number of hydrogen-bond donors (Lipinski definition) is 0. The first-order valence-electron chi connectivity index (χ1n) is 5.87. The van der Waals surface area contributed by atoms with Gasteiger partial charge in [-0.05, 0) is 37.0 Å². The number of thioether (sulfide) groups is 1. The van der Waals surface area contributed by atoms with Gasteiger partial charge in [-0.15, -0.1) is 0 Å². The van der Waals surface area contributed by atoms with Gasteiger partial charge in [0.25, 0.3) is 0 Å². The van der Waals surface area contributed by atoms with Crippen LogP contribution in [0.1, 0.15) is 20.3 Å². The van der Waals surface area contributed by atoms with Gasteiger partial charge in [0, 0.05) is 11.3 Å². The van der Waals surface area contributed by atoms with Crippen LogP contribution in [0.2, 0.25) is 0 Å². The van der Waals surface area contributed by atoms with Crippen molar-refractivity contribution in [1.29, 1.82) is 0 Å². The van der Waals surface area contributed by atoms with E-state index < -0.39 is 0 Å². The maximum Gasteiger partial charge on any atom is 0.0670 e. The van der Waals surface area contributed by atoms with Gasteiger partial charge >= 0.3 is 0 Å². The first kappa shape index (κ1) is 12.5. The minimum atomic E-state index is -0.0220. The number of rotatable bonds is 3. The summed E-state index contributed by atoms with van der Waals surface area (Å²) in [5.74, 6) is 0. The molecule has 0 spiro atoms. The van der Waals surface area contributed by atoms with Crippen LogP contribution in [0.15, 0.2) is 58.4 Å². The summed E-state index contributed by atoms with van der Waals surface area (Å²) >= 11 is 1.75. The van der Waals surface area contributed by atoms with Gasteiger partial charge in [0.05, 0.1) is 12.2 Å². The molecule has 1 nitrogen and oxygen atoms in total. The van der Waals surface area contributed by atoms with Crippen LogP contribution in [-0.2, 0) is 4.74 Å². The number of ether oxygens (including phenoxy) is 1. The molecule has 0 aliphatic carbocycles. The lowest BCUT2D eigenvalue weighted by Crippen LogP contribution is -2.28. The van der Waals surface area contributed by atoms with Crippen molar-refractivity contribution < 1.29 is 4.74 Å². The fraction of sp³-hybridized carbons (Fsp3) is 0.333. The molecule has 1 aliphatic rings. The van der Waals surface area contributed by atoms with Crippen LogP contribution in [0.3, 0.4) is 0 Å². The Labute approximate surface area is 108 Å². The molecule has 0 amide bonds. The molecule has 90 valence electrons. The maximum absolute atomic E-state index is 5.64. The zero-order valence-corrected chi connectivity index (χ0v) is 11.2. The van der Waals surface area contributed by atoms with Gasteiger partial charge in [0.1, 0.15) is 0 Å². The molecule has 2 heteroatoms. The summed E-state index contributed by atoms with van der Waals surface area (Å²) in [5, 5.41) is 2.16. The number of benzene rings is 1. The maximum atomic E-state index is 5.64. The molecule has 0 saturated heterocycles. The quantitative estimate of drug-likeness (QED) is 0.730. The van der Waals surface area contributed by atoms with Gasteiger partial charge in [-0.1, -0.05) is 42.1 Å². The Bertz CT molecular complexity index is 418. The summed E-state index contributed by atoms with van der Waals surface area (Å²) in [5.41, 5.74) is 1.34. The predicted molar refractivity (Wildman–Crippen MR) is 74.2 cm³/mol. The Morgan fingerprint density at radius 2 is 2.00 bits per heavy atom. The third-order valence-corrected chi connectivity index (χ3v) is 3.50. The van der Waals surface area contributed by atoms with Crippen LogP contribution in [0.4, 0.5) is 0 Å². The lowest BCUT2D eigenvalue weighted by molar-refractivity contribution is -0.00837. The van der Waals surface area contributed by atoms with Gasteiger partial charge in [0.2, 0.25) is 0 Å². The van der Waals surface area contributed by atoms with Crippen molar-refractivity contribution in [3.63, 3.8) is 0 Å². The first-order valence-corrected chi connectivity index (χ1v) is 6.75. The molecule has 0 aromatic heterocycles. The van der Waals surface area contributed by atoms with Crippen molar-refractivity contribution >= 4 is 11.8 Å². The van der Waals surface area contributed by atoms with Gasteiger partial charge in [-0.3, -0.25) is 0 Å². The van der Waals surface area contributed by atoms with Gasteiger partial charge in [0.15, 0.2) is 0 Å². The molecule has 0 unspecified atom stereocenters. The average Bonchev–Trinajstić information content (AvgIpc) is 2.29. The monoisotopic (exact) mass is 246 g/mol. The highest BCUT2D eigenvalue weighted by Crippen LogP contribution is 2.27. The summed E-state index contributed by atoms with van der Waals surface area (Å²) in [7, 11) is 0. The molecular formula is C15H18OS. The third-order valence-electron chi connectivity index (χ3n) is 2.68. The van der Waals surface area contributed by atoms with E-state index in [0.717, 1.165) is 13.0 Å². The molecule has 0 fully saturated rings. The second kappa shape index (κ2) is 5.56. The van der Waals surface area contributed by atoms with Crippen LogP contribution in [0, 0.1) is 0 Å². The Morgan fingerprint density at radius 3 is 2.71 bits per heavy atom. The first-order chi connectivity index (χ1) is 8.16. The highest BCUT2D eigenvalue weighted by atomic mass is 32.2. The standard InChI is InChI=1S/C15H18OS/c1-15(2)12-13(8-10-16-15)9-11-17-14-6-4-3-5-7-14/h3-9,11H,10,12H2,1-2H3.